The van der Waals surface area contributed by atoms with E-state index in [0.29, 0.717) is 5.88 Å². The van der Waals surface area contributed by atoms with Crippen molar-refractivity contribution in [2.24, 2.45) is 0 Å². The first-order valence-corrected chi connectivity index (χ1v) is 8.47. The zero-order valence-electron chi connectivity index (χ0n) is 11.5. The highest BCUT2D eigenvalue weighted by Crippen LogP contribution is 2.38. The van der Waals surface area contributed by atoms with Crippen LogP contribution in [0.15, 0.2) is 40.8 Å². The third-order valence-corrected chi connectivity index (χ3v) is 4.59. The van der Waals surface area contributed by atoms with Gasteiger partial charge in [0.2, 0.25) is 15.9 Å². The van der Waals surface area contributed by atoms with Crippen molar-refractivity contribution in [3.63, 3.8) is 0 Å². The van der Waals surface area contributed by atoms with E-state index in [0.717, 1.165) is 29.7 Å². The van der Waals surface area contributed by atoms with Crippen LogP contribution < -0.4 is 4.31 Å². The van der Waals surface area contributed by atoms with Crippen LogP contribution in [0.25, 0.3) is 11.3 Å². The van der Waals surface area contributed by atoms with Gasteiger partial charge in [-0.1, -0.05) is 30.3 Å². The lowest BCUT2D eigenvalue weighted by atomic mass is 10.1. The van der Waals surface area contributed by atoms with Crippen LogP contribution >= 0.6 is 0 Å². The van der Waals surface area contributed by atoms with Crippen LogP contribution in [0.4, 0.5) is 5.88 Å². The number of hydrogen-bond donors (Lipinski definition) is 0. The van der Waals surface area contributed by atoms with Gasteiger partial charge >= 0.3 is 0 Å². The molecule has 1 fully saturated rings. The molecule has 3 rings (SSSR count). The van der Waals surface area contributed by atoms with Crippen LogP contribution in [-0.4, -0.2) is 20.7 Å². The Kier molecular flexibility index (Phi) is 3.09. The topological polar surface area (TPSA) is 50.5 Å². The van der Waals surface area contributed by atoms with Crippen LogP contribution in [0, 0.1) is 6.92 Å². The molecule has 4 nitrogen and oxygen atoms in total. The van der Waals surface area contributed by atoms with Crippen molar-refractivity contribution in [2.75, 3.05) is 10.6 Å². The third-order valence-electron chi connectivity index (χ3n) is 3.39. The highest BCUT2D eigenvalue weighted by Gasteiger charge is 2.37. The fourth-order valence-corrected chi connectivity index (χ4v) is 3.54. The summed E-state index contributed by atoms with van der Waals surface area (Å²) in [5, 5.41) is 0. The van der Waals surface area contributed by atoms with Gasteiger partial charge in [0.15, 0.2) is 0 Å². The van der Waals surface area contributed by atoms with Crippen molar-refractivity contribution >= 4 is 15.9 Å². The van der Waals surface area contributed by atoms with Gasteiger partial charge in [0.1, 0.15) is 5.76 Å². The van der Waals surface area contributed by atoms with Gasteiger partial charge in [-0.2, -0.15) is 0 Å². The molecule has 5 heteroatoms. The Morgan fingerprint density at radius 1 is 1.20 bits per heavy atom. The molecule has 0 aliphatic heterocycles. The van der Waals surface area contributed by atoms with E-state index >= 15 is 0 Å². The molecule has 0 saturated heterocycles. The molecular formula is C15H17NO3S. The Morgan fingerprint density at radius 3 is 2.40 bits per heavy atom. The summed E-state index contributed by atoms with van der Waals surface area (Å²) in [5.41, 5.74) is 1.90. The number of benzene rings is 1. The van der Waals surface area contributed by atoms with Gasteiger partial charge in [-0.15, -0.1) is 0 Å². The highest BCUT2D eigenvalue weighted by molar-refractivity contribution is 7.92. The van der Waals surface area contributed by atoms with E-state index in [4.69, 9.17) is 4.42 Å². The lowest BCUT2D eigenvalue weighted by Crippen LogP contribution is -2.31. The molecule has 0 radical (unpaired) electrons. The van der Waals surface area contributed by atoms with Crippen LogP contribution in [0.5, 0.6) is 0 Å². The maximum absolute atomic E-state index is 11.9. The molecular weight excluding hydrogens is 274 g/mol. The summed E-state index contributed by atoms with van der Waals surface area (Å²) in [4.78, 5) is 0. The molecule has 0 bridgehead atoms. The van der Waals surface area contributed by atoms with E-state index < -0.39 is 10.0 Å². The number of nitrogens with zero attached hydrogens (tertiary/aromatic N) is 1. The SMILES string of the molecule is Cc1cc(N(C2CC2)S(C)(=O)=O)oc1-c1ccccc1. The number of rotatable bonds is 4. The summed E-state index contributed by atoms with van der Waals surface area (Å²) in [6.45, 7) is 1.93. The average molecular weight is 291 g/mol. The maximum Gasteiger partial charge on any atom is 0.234 e. The first-order valence-electron chi connectivity index (χ1n) is 6.62. The Labute approximate surface area is 119 Å². The summed E-state index contributed by atoms with van der Waals surface area (Å²) in [6, 6.07) is 11.6. The molecule has 1 heterocycles. The van der Waals surface area contributed by atoms with Gasteiger partial charge in [0.05, 0.1) is 6.26 Å². The molecule has 1 aromatic carbocycles. The summed E-state index contributed by atoms with van der Waals surface area (Å²) >= 11 is 0. The molecule has 1 aliphatic rings. The molecule has 20 heavy (non-hydrogen) atoms. The molecule has 106 valence electrons. The van der Waals surface area contributed by atoms with Crippen molar-refractivity contribution in [1.82, 2.24) is 0 Å². The van der Waals surface area contributed by atoms with Gasteiger partial charge in [-0.3, -0.25) is 0 Å². The number of anilines is 1. The predicted octanol–water partition coefficient (Wildman–Crippen LogP) is 3.18. The summed E-state index contributed by atoms with van der Waals surface area (Å²) in [6.07, 6.45) is 3.02. The number of hydrogen-bond acceptors (Lipinski definition) is 3. The largest absolute Gasteiger partial charge is 0.439 e. The van der Waals surface area contributed by atoms with Gasteiger partial charge in [0, 0.05) is 17.7 Å². The average Bonchev–Trinajstić information content (AvgIpc) is 3.12. The van der Waals surface area contributed by atoms with Crippen LogP contribution in [-0.2, 0) is 10.0 Å². The standard InChI is InChI=1S/C15H17NO3S/c1-11-10-14(16(13-8-9-13)20(2,17)18)19-15(11)12-6-4-3-5-7-12/h3-7,10,13H,8-9H2,1-2H3. The summed E-state index contributed by atoms with van der Waals surface area (Å²) in [5.74, 6) is 1.15. The van der Waals surface area contributed by atoms with Gasteiger partial charge < -0.3 is 4.42 Å². The highest BCUT2D eigenvalue weighted by atomic mass is 32.2. The summed E-state index contributed by atoms with van der Waals surface area (Å²) in [7, 11) is -3.30. The quantitative estimate of drug-likeness (QED) is 0.869. The van der Waals surface area contributed by atoms with Crippen LogP contribution in [0.2, 0.25) is 0 Å². The molecule has 0 N–H and O–H groups in total. The zero-order valence-corrected chi connectivity index (χ0v) is 12.4. The smallest absolute Gasteiger partial charge is 0.234 e. The lowest BCUT2D eigenvalue weighted by molar-refractivity contribution is 0.560. The molecule has 0 spiro atoms. The Hall–Kier alpha value is -1.75. The number of aryl methyl sites for hydroxylation is 1. The molecule has 0 amide bonds. The predicted molar refractivity (Wildman–Crippen MR) is 79.2 cm³/mol. The second kappa shape index (κ2) is 4.66. The second-order valence-corrected chi connectivity index (χ2v) is 7.11. The fraction of sp³-hybridized carbons (Fsp3) is 0.333. The van der Waals surface area contributed by atoms with E-state index in [1.165, 1.54) is 10.6 Å². The second-order valence-electron chi connectivity index (χ2n) is 5.25. The van der Waals surface area contributed by atoms with Gasteiger partial charge in [-0.05, 0) is 25.3 Å². The van der Waals surface area contributed by atoms with Crippen molar-refractivity contribution in [1.29, 1.82) is 0 Å². The minimum absolute atomic E-state index is 0.0548. The Morgan fingerprint density at radius 2 is 1.85 bits per heavy atom. The third kappa shape index (κ3) is 2.45. The van der Waals surface area contributed by atoms with Gasteiger partial charge in [-0.25, -0.2) is 12.7 Å². The Bertz CT molecular complexity index is 715. The van der Waals surface area contributed by atoms with E-state index in [-0.39, 0.29) is 6.04 Å². The number of furan rings is 1. The van der Waals surface area contributed by atoms with Crippen molar-refractivity contribution in [3.05, 3.63) is 42.0 Å². The van der Waals surface area contributed by atoms with E-state index in [1.807, 2.05) is 43.3 Å². The minimum Gasteiger partial charge on any atom is -0.439 e. The summed E-state index contributed by atoms with van der Waals surface area (Å²) < 4.78 is 31.1. The fourth-order valence-electron chi connectivity index (χ4n) is 2.37. The van der Waals surface area contributed by atoms with Crippen molar-refractivity contribution in [3.8, 4) is 11.3 Å². The zero-order chi connectivity index (χ0) is 14.3. The number of sulfonamides is 1. The molecule has 0 unspecified atom stereocenters. The van der Waals surface area contributed by atoms with Crippen molar-refractivity contribution < 1.29 is 12.8 Å². The molecule has 1 aliphatic carbocycles. The first kappa shape index (κ1) is 13.2. The van der Waals surface area contributed by atoms with E-state index in [1.54, 1.807) is 0 Å². The molecule has 2 aromatic rings. The van der Waals surface area contributed by atoms with Crippen LogP contribution in [0.3, 0.4) is 0 Å². The Balaban J connectivity index is 2.04. The monoisotopic (exact) mass is 291 g/mol. The van der Waals surface area contributed by atoms with Gasteiger partial charge in [0.25, 0.3) is 0 Å². The maximum atomic E-state index is 11.9. The first-order chi connectivity index (χ1) is 9.47. The van der Waals surface area contributed by atoms with Crippen molar-refractivity contribution in [2.45, 2.75) is 25.8 Å². The van der Waals surface area contributed by atoms with Crippen LogP contribution in [0.1, 0.15) is 18.4 Å². The molecule has 1 aromatic heterocycles. The molecule has 0 atom stereocenters. The lowest BCUT2D eigenvalue weighted by Gasteiger charge is -2.18. The van der Waals surface area contributed by atoms with E-state index in [2.05, 4.69) is 0 Å². The van der Waals surface area contributed by atoms with E-state index in [9.17, 15) is 8.42 Å². The molecule has 1 saturated carbocycles. The normalized spacial score (nSPS) is 15.3. The minimum atomic E-state index is -3.30.